The summed E-state index contributed by atoms with van der Waals surface area (Å²) in [5.74, 6) is 1.58. The highest BCUT2D eigenvalue weighted by molar-refractivity contribution is 5.81. The highest BCUT2D eigenvalue weighted by Gasteiger charge is 2.28. The van der Waals surface area contributed by atoms with Gasteiger partial charge in [0.2, 0.25) is 0 Å². The van der Waals surface area contributed by atoms with Crippen molar-refractivity contribution in [1.82, 2.24) is 0 Å². The third-order valence-corrected chi connectivity index (χ3v) is 4.92. The quantitative estimate of drug-likeness (QED) is 0.511. The van der Waals surface area contributed by atoms with Crippen LogP contribution in [0.2, 0.25) is 0 Å². The summed E-state index contributed by atoms with van der Waals surface area (Å²) in [5, 5.41) is 22.7. The second-order valence-electron chi connectivity index (χ2n) is 12.7. The standard InChI is InChI=1S/C28H42O4/c1-25(2,3)21-15-17(31-27(7,8)9)13-19(23(21)29)20-14-18(32-28(10,11)12)16-22(24(20)30)26(4,5)6/h13-16,29-30H,1-12H3. The summed E-state index contributed by atoms with van der Waals surface area (Å²) >= 11 is 0. The van der Waals surface area contributed by atoms with E-state index in [9.17, 15) is 10.2 Å². The van der Waals surface area contributed by atoms with Gasteiger partial charge in [-0.2, -0.15) is 0 Å². The van der Waals surface area contributed by atoms with Gasteiger partial charge in [-0.1, -0.05) is 41.5 Å². The van der Waals surface area contributed by atoms with Crippen molar-refractivity contribution in [3.05, 3.63) is 35.4 Å². The van der Waals surface area contributed by atoms with Crippen molar-refractivity contribution in [2.75, 3.05) is 0 Å². The van der Waals surface area contributed by atoms with E-state index in [1.165, 1.54) is 0 Å². The van der Waals surface area contributed by atoms with E-state index in [2.05, 4.69) is 0 Å². The molecular formula is C28H42O4. The molecule has 2 aromatic rings. The van der Waals surface area contributed by atoms with E-state index in [1.807, 2.05) is 95.2 Å². The summed E-state index contributed by atoms with van der Waals surface area (Å²) in [6.45, 7) is 24.2. The zero-order valence-corrected chi connectivity index (χ0v) is 22.0. The average Bonchev–Trinajstić information content (AvgIpc) is 2.53. The first kappa shape index (κ1) is 25.9. The van der Waals surface area contributed by atoms with Crippen LogP contribution in [-0.2, 0) is 10.8 Å². The fraction of sp³-hybridized carbons (Fsp3) is 0.571. The molecule has 0 amide bonds. The smallest absolute Gasteiger partial charge is 0.127 e. The summed E-state index contributed by atoms with van der Waals surface area (Å²) < 4.78 is 12.4. The highest BCUT2D eigenvalue weighted by atomic mass is 16.5. The molecule has 4 nitrogen and oxygen atoms in total. The lowest BCUT2D eigenvalue weighted by Crippen LogP contribution is -2.24. The number of ether oxygens (including phenoxy) is 2. The van der Waals surface area contributed by atoms with E-state index < -0.39 is 11.2 Å². The highest BCUT2D eigenvalue weighted by Crippen LogP contribution is 2.48. The van der Waals surface area contributed by atoms with Gasteiger partial charge in [-0.05, 0) is 76.6 Å². The van der Waals surface area contributed by atoms with Crippen LogP contribution in [0.5, 0.6) is 23.0 Å². The molecule has 178 valence electrons. The van der Waals surface area contributed by atoms with Gasteiger partial charge in [-0.25, -0.2) is 0 Å². The molecule has 0 fully saturated rings. The topological polar surface area (TPSA) is 58.9 Å². The Morgan fingerprint density at radius 3 is 1.00 bits per heavy atom. The fourth-order valence-corrected chi connectivity index (χ4v) is 3.59. The summed E-state index contributed by atoms with van der Waals surface area (Å²) in [4.78, 5) is 0. The summed E-state index contributed by atoms with van der Waals surface area (Å²) in [6.07, 6.45) is 0. The summed E-state index contributed by atoms with van der Waals surface area (Å²) in [6, 6.07) is 7.39. The van der Waals surface area contributed by atoms with Gasteiger partial charge in [0.1, 0.15) is 34.2 Å². The Kier molecular flexibility index (Phi) is 6.64. The van der Waals surface area contributed by atoms with E-state index in [0.29, 0.717) is 22.6 Å². The van der Waals surface area contributed by atoms with Gasteiger partial charge in [-0.3, -0.25) is 0 Å². The molecule has 0 aliphatic heterocycles. The Hall–Kier alpha value is -2.36. The van der Waals surface area contributed by atoms with Gasteiger partial charge in [0.25, 0.3) is 0 Å². The molecule has 0 saturated carbocycles. The number of phenolic OH excluding ortho intramolecular Hbond substituents is 2. The molecular weight excluding hydrogens is 400 g/mol. The Morgan fingerprint density at radius 2 is 0.781 bits per heavy atom. The number of hydrogen-bond donors (Lipinski definition) is 2. The summed E-state index contributed by atoms with van der Waals surface area (Å²) in [7, 11) is 0. The van der Waals surface area contributed by atoms with Crippen LogP contribution >= 0.6 is 0 Å². The molecule has 0 aliphatic carbocycles. The van der Waals surface area contributed by atoms with E-state index in [1.54, 1.807) is 12.1 Å². The Bertz CT molecular complexity index is 893. The molecule has 32 heavy (non-hydrogen) atoms. The predicted molar refractivity (Wildman–Crippen MR) is 133 cm³/mol. The zero-order chi connectivity index (χ0) is 24.9. The van der Waals surface area contributed by atoms with Gasteiger partial charge < -0.3 is 19.7 Å². The number of phenols is 2. The minimum atomic E-state index is -0.404. The minimum Gasteiger partial charge on any atom is -0.507 e. The monoisotopic (exact) mass is 442 g/mol. The molecule has 0 spiro atoms. The first-order chi connectivity index (χ1) is 14.2. The third kappa shape index (κ3) is 6.34. The Morgan fingerprint density at radius 1 is 0.500 bits per heavy atom. The molecule has 0 aromatic heterocycles. The van der Waals surface area contributed by atoms with Gasteiger partial charge in [0, 0.05) is 22.3 Å². The maximum absolute atomic E-state index is 11.3. The summed E-state index contributed by atoms with van der Waals surface area (Å²) in [5.41, 5.74) is 1.12. The van der Waals surface area contributed by atoms with Crippen LogP contribution in [0.1, 0.15) is 94.2 Å². The first-order valence-electron chi connectivity index (χ1n) is 11.3. The third-order valence-electron chi connectivity index (χ3n) is 4.92. The van der Waals surface area contributed by atoms with Crippen molar-refractivity contribution in [2.45, 2.75) is 105 Å². The molecule has 2 N–H and O–H groups in total. The van der Waals surface area contributed by atoms with Crippen molar-refractivity contribution in [1.29, 1.82) is 0 Å². The number of hydrogen-bond acceptors (Lipinski definition) is 4. The lowest BCUT2D eigenvalue weighted by Gasteiger charge is -2.29. The van der Waals surface area contributed by atoms with Crippen LogP contribution in [0.25, 0.3) is 11.1 Å². The van der Waals surface area contributed by atoms with Crippen LogP contribution in [0.3, 0.4) is 0 Å². The maximum atomic E-state index is 11.3. The zero-order valence-electron chi connectivity index (χ0n) is 22.0. The lowest BCUT2D eigenvalue weighted by molar-refractivity contribution is 0.130. The van der Waals surface area contributed by atoms with Crippen LogP contribution in [0, 0.1) is 0 Å². The van der Waals surface area contributed by atoms with Crippen LogP contribution < -0.4 is 9.47 Å². The molecule has 2 aromatic carbocycles. The van der Waals surface area contributed by atoms with Crippen molar-refractivity contribution >= 4 is 0 Å². The SMILES string of the molecule is CC(C)(C)Oc1cc(-c2cc(OC(C)(C)C)cc(C(C)(C)C)c2O)c(O)c(C(C)(C)C)c1. The maximum Gasteiger partial charge on any atom is 0.127 e. The van der Waals surface area contributed by atoms with Crippen molar-refractivity contribution in [2.24, 2.45) is 0 Å². The van der Waals surface area contributed by atoms with E-state index in [4.69, 9.17) is 9.47 Å². The van der Waals surface area contributed by atoms with E-state index >= 15 is 0 Å². The van der Waals surface area contributed by atoms with Crippen molar-refractivity contribution < 1.29 is 19.7 Å². The normalized spacial score (nSPS) is 13.2. The van der Waals surface area contributed by atoms with E-state index in [0.717, 1.165) is 11.1 Å². The Balaban J connectivity index is 2.90. The fourth-order valence-electron chi connectivity index (χ4n) is 3.59. The minimum absolute atomic E-state index is 0.141. The van der Waals surface area contributed by atoms with Crippen LogP contribution in [-0.4, -0.2) is 21.4 Å². The number of rotatable bonds is 3. The van der Waals surface area contributed by atoms with Crippen molar-refractivity contribution in [3.8, 4) is 34.1 Å². The van der Waals surface area contributed by atoms with Gasteiger partial charge in [-0.15, -0.1) is 0 Å². The van der Waals surface area contributed by atoms with Crippen LogP contribution in [0.15, 0.2) is 24.3 Å². The Labute approximate surface area is 194 Å². The van der Waals surface area contributed by atoms with E-state index in [-0.39, 0.29) is 22.3 Å². The molecule has 0 heterocycles. The molecule has 0 saturated heterocycles. The average molecular weight is 443 g/mol. The van der Waals surface area contributed by atoms with Crippen LogP contribution in [0.4, 0.5) is 0 Å². The largest absolute Gasteiger partial charge is 0.507 e. The number of benzene rings is 2. The molecule has 2 rings (SSSR count). The molecule has 0 aliphatic rings. The molecule has 4 heteroatoms. The molecule has 0 radical (unpaired) electrons. The van der Waals surface area contributed by atoms with Crippen molar-refractivity contribution in [3.63, 3.8) is 0 Å². The molecule has 0 bridgehead atoms. The lowest BCUT2D eigenvalue weighted by atomic mass is 9.81. The second-order valence-corrected chi connectivity index (χ2v) is 12.7. The van der Waals surface area contributed by atoms with Gasteiger partial charge in [0.05, 0.1) is 0 Å². The van der Waals surface area contributed by atoms with Gasteiger partial charge >= 0.3 is 0 Å². The molecule has 0 atom stereocenters. The first-order valence-corrected chi connectivity index (χ1v) is 11.3. The second kappa shape index (κ2) is 8.20. The number of aromatic hydroxyl groups is 2. The predicted octanol–water partition coefficient (Wildman–Crippen LogP) is 7.71. The van der Waals surface area contributed by atoms with Gasteiger partial charge in [0.15, 0.2) is 0 Å². The molecule has 0 unspecified atom stereocenters.